The van der Waals surface area contributed by atoms with Gasteiger partial charge in [-0.05, 0) is 25.8 Å². The summed E-state index contributed by atoms with van der Waals surface area (Å²) in [5, 5.41) is 5.14. The van der Waals surface area contributed by atoms with Crippen molar-refractivity contribution in [1.29, 1.82) is 0 Å². The van der Waals surface area contributed by atoms with Crippen LogP contribution >= 0.6 is 0 Å². The third kappa shape index (κ3) is 2.79. The van der Waals surface area contributed by atoms with Crippen LogP contribution in [0, 0.1) is 11.3 Å². The van der Waals surface area contributed by atoms with E-state index in [1.54, 1.807) is 0 Å². The predicted octanol–water partition coefficient (Wildman–Crippen LogP) is 1.46. The van der Waals surface area contributed by atoms with E-state index in [0.29, 0.717) is 6.61 Å². The lowest BCUT2D eigenvalue weighted by Crippen LogP contribution is -2.53. The van der Waals surface area contributed by atoms with Gasteiger partial charge in [0.1, 0.15) is 0 Å². The van der Waals surface area contributed by atoms with Crippen molar-refractivity contribution in [3.8, 4) is 0 Å². The molecule has 0 aromatic rings. The molecule has 0 aromatic carbocycles. The van der Waals surface area contributed by atoms with Crippen molar-refractivity contribution in [2.75, 3.05) is 26.2 Å². The van der Waals surface area contributed by atoms with Gasteiger partial charge in [-0.15, -0.1) is 0 Å². The molecule has 20 heavy (non-hydrogen) atoms. The number of carbonyl (C=O) groups is 1. The highest BCUT2D eigenvalue weighted by Crippen LogP contribution is 2.43. The standard InChI is InChI=1S/C13H21F3N2O2/c1-2-10-9(3-6-20-10)7-18-11(19)12(13(14,15)16)4-5-17-8-12/h9-10,17H,2-8H2,1H3,(H,18,19). The van der Waals surface area contributed by atoms with Crippen molar-refractivity contribution < 1.29 is 22.7 Å². The first-order chi connectivity index (χ1) is 9.40. The first kappa shape index (κ1) is 15.6. The number of carbonyl (C=O) groups excluding carboxylic acids is 1. The smallest absolute Gasteiger partial charge is 0.378 e. The third-order valence-corrected chi connectivity index (χ3v) is 4.41. The third-order valence-electron chi connectivity index (χ3n) is 4.41. The summed E-state index contributed by atoms with van der Waals surface area (Å²) in [6.45, 7) is 2.74. The van der Waals surface area contributed by atoms with Crippen LogP contribution in [0.15, 0.2) is 0 Å². The molecule has 0 bridgehead atoms. The Labute approximate surface area is 116 Å². The number of amides is 1. The van der Waals surface area contributed by atoms with E-state index in [0.717, 1.165) is 12.8 Å². The first-order valence-corrected chi connectivity index (χ1v) is 7.08. The molecule has 2 N–H and O–H groups in total. The lowest BCUT2D eigenvalue weighted by molar-refractivity contribution is -0.216. The van der Waals surface area contributed by atoms with Crippen molar-refractivity contribution in [3.63, 3.8) is 0 Å². The van der Waals surface area contributed by atoms with Crippen LogP contribution in [0.5, 0.6) is 0 Å². The second-order valence-corrected chi connectivity index (χ2v) is 5.58. The molecule has 7 heteroatoms. The topological polar surface area (TPSA) is 50.4 Å². The molecule has 0 saturated carbocycles. The van der Waals surface area contributed by atoms with E-state index in [9.17, 15) is 18.0 Å². The van der Waals surface area contributed by atoms with Crippen LogP contribution in [-0.4, -0.2) is 44.4 Å². The SMILES string of the molecule is CCC1OCCC1CNC(=O)C1(C(F)(F)F)CCNC1. The van der Waals surface area contributed by atoms with Crippen molar-refractivity contribution in [1.82, 2.24) is 10.6 Å². The highest BCUT2D eigenvalue weighted by molar-refractivity contribution is 5.84. The largest absolute Gasteiger partial charge is 0.404 e. The molecule has 0 aromatic heterocycles. The molecule has 0 spiro atoms. The van der Waals surface area contributed by atoms with Gasteiger partial charge in [-0.25, -0.2) is 0 Å². The summed E-state index contributed by atoms with van der Waals surface area (Å²) in [6.07, 6.45) is -3.07. The Balaban J connectivity index is 1.96. The van der Waals surface area contributed by atoms with E-state index in [2.05, 4.69) is 10.6 Å². The average Bonchev–Trinajstić information content (AvgIpc) is 3.04. The van der Waals surface area contributed by atoms with Gasteiger partial charge in [0.15, 0.2) is 5.41 Å². The van der Waals surface area contributed by atoms with Crippen LogP contribution < -0.4 is 10.6 Å². The van der Waals surface area contributed by atoms with Crippen molar-refractivity contribution in [3.05, 3.63) is 0 Å². The quantitative estimate of drug-likeness (QED) is 0.825. The fourth-order valence-corrected chi connectivity index (χ4v) is 3.03. The van der Waals surface area contributed by atoms with Gasteiger partial charge in [0.25, 0.3) is 0 Å². The van der Waals surface area contributed by atoms with Crippen LogP contribution in [0.3, 0.4) is 0 Å². The van der Waals surface area contributed by atoms with Gasteiger partial charge in [0.05, 0.1) is 6.10 Å². The van der Waals surface area contributed by atoms with Gasteiger partial charge in [-0.3, -0.25) is 4.79 Å². The first-order valence-electron chi connectivity index (χ1n) is 7.08. The van der Waals surface area contributed by atoms with Gasteiger partial charge in [0, 0.05) is 25.6 Å². The zero-order chi connectivity index (χ0) is 14.8. The van der Waals surface area contributed by atoms with E-state index >= 15 is 0 Å². The summed E-state index contributed by atoms with van der Waals surface area (Å²) >= 11 is 0. The fourth-order valence-electron chi connectivity index (χ4n) is 3.03. The van der Waals surface area contributed by atoms with Crippen LogP contribution in [0.4, 0.5) is 13.2 Å². The minimum atomic E-state index is -4.52. The minimum absolute atomic E-state index is 0.0406. The molecule has 2 heterocycles. The van der Waals surface area contributed by atoms with Crippen LogP contribution in [0.1, 0.15) is 26.2 Å². The molecule has 3 atom stereocenters. The maximum absolute atomic E-state index is 13.2. The maximum Gasteiger partial charge on any atom is 0.404 e. The molecule has 0 aliphatic carbocycles. The van der Waals surface area contributed by atoms with E-state index in [-0.39, 0.29) is 38.1 Å². The highest BCUT2D eigenvalue weighted by atomic mass is 19.4. The summed E-state index contributed by atoms with van der Waals surface area (Å²) < 4.78 is 45.0. The zero-order valence-corrected chi connectivity index (χ0v) is 11.6. The minimum Gasteiger partial charge on any atom is -0.378 e. The summed E-state index contributed by atoms with van der Waals surface area (Å²) in [7, 11) is 0. The number of rotatable bonds is 4. The molecule has 4 nitrogen and oxygen atoms in total. The maximum atomic E-state index is 13.2. The van der Waals surface area contributed by atoms with E-state index in [4.69, 9.17) is 4.74 Å². The van der Waals surface area contributed by atoms with Crippen molar-refractivity contribution in [2.45, 2.75) is 38.5 Å². The Morgan fingerprint density at radius 1 is 1.50 bits per heavy atom. The van der Waals surface area contributed by atoms with E-state index < -0.39 is 17.5 Å². The monoisotopic (exact) mass is 294 g/mol. The van der Waals surface area contributed by atoms with Gasteiger partial charge in [-0.1, -0.05) is 6.92 Å². The van der Waals surface area contributed by atoms with Gasteiger partial charge >= 0.3 is 6.18 Å². The average molecular weight is 294 g/mol. The number of hydrogen-bond donors (Lipinski definition) is 2. The van der Waals surface area contributed by atoms with Crippen LogP contribution in [0.25, 0.3) is 0 Å². The number of nitrogens with one attached hydrogen (secondary N) is 2. The predicted molar refractivity (Wildman–Crippen MR) is 67.1 cm³/mol. The zero-order valence-electron chi connectivity index (χ0n) is 11.6. The molecule has 2 saturated heterocycles. The number of alkyl halides is 3. The summed E-state index contributed by atoms with van der Waals surface area (Å²) in [4.78, 5) is 12.1. The molecule has 1 amide bonds. The van der Waals surface area contributed by atoms with Crippen LogP contribution in [0.2, 0.25) is 0 Å². The normalized spacial score (nSPS) is 34.4. The molecule has 0 radical (unpaired) electrons. The van der Waals surface area contributed by atoms with Crippen LogP contribution in [-0.2, 0) is 9.53 Å². The highest BCUT2D eigenvalue weighted by Gasteiger charge is 2.61. The molecule has 2 aliphatic heterocycles. The molecule has 116 valence electrons. The van der Waals surface area contributed by atoms with Crippen molar-refractivity contribution >= 4 is 5.91 Å². The lowest BCUT2D eigenvalue weighted by Gasteiger charge is -2.30. The summed E-state index contributed by atoms with van der Waals surface area (Å²) in [6, 6.07) is 0. The summed E-state index contributed by atoms with van der Waals surface area (Å²) in [5.41, 5.74) is -2.27. The second kappa shape index (κ2) is 5.89. The lowest BCUT2D eigenvalue weighted by atomic mass is 9.85. The molecule has 3 unspecified atom stereocenters. The van der Waals surface area contributed by atoms with Gasteiger partial charge in [-0.2, -0.15) is 13.2 Å². The Bertz CT molecular complexity index is 354. The van der Waals surface area contributed by atoms with E-state index in [1.807, 2.05) is 6.92 Å². The Morgan fingerprint density at radius 3 is 2.80 bits per heavy atom. The molecule has 2 aliphatic rings. The van der Waals surface area contributed by atoms with Gasteiger partial charge < -0.3 is 15.4 Å². The van der Waals surface area contributed by atoms with E-state index in [1.165, 1.54) is 0 Å². The molecular formula is C13H21F3N2O2. The molecule has 2 fully saturated rings. The van der Waals surface area contributed by atoms with Gasteiger partial charge in [0.2, 0.25) is 5.91 Å². The molecular weight excluding hydrogens is 273 g/mol. The number of halogens is 3. The second-order valence-electron chi connectivity index (χ2n) is 5.58. The number of hydrogen-bond acceptors (Lipinski definition) is 3. The Kier molecular flexibility index (Phi) is 4.59. The Hall–Kier alpha value is -0.820. The summed E-state index contributed by atoms with van der Waals surface area (Å²) in [5.74, 6) is -0.791. The van der Waals surface area contributed by atoms with Crippen molar-refractivity contribution in [2.24, 2.45) is 11.3 Å². The fraction of sp³-hybridized carbons (Fsp3) is 0.923. The number of ether oxygens (including phenoxy) is 1. The Morgan fingerprint density at radius 2 is 2.25 bits per heavy atom. The molecule has 2 rings (SSSR count).